The molecule has 0 saturated heterocycles. The van der Waals surface area contributed by atoms with E-state index < -0.39 is 5.97 Å². The average molecular weight is 450 g/mol. The van der Waals surface area contributed by atoms with E-state index in [1.165, 1.54) is 18.2 Å². The van der Waals surface area contributed by atoms with Crippen LogP contribution in [-0.2, 0) is 0 Å². The highest BCUT2D eigenvalue weighted by molar-refractivity contribution is 9.10. The number of aromatic carboxylic acids is 1. The zero-order valence-electron chi connectivity index (χ0n) is 11.8. The van der Waals surface area contributed by atoms with Crippen molar-refractivity contribution in [3.05, 3.63) is 61.9 Å². The van der Waals surface area contributed by atoms with Gasteiger partial charge in [-0.2, -0.15) is 0 Å². The smallest absolute Gasteiger partial charge is 0.337 e. The van der Waals surface area contributed by atoms with Crippen LogP contribution in [0.25, 0.3) is 10.9 Å². The molecule has 2 aromatic carbocycles. The van der Waals surface area contributed by atoms with Crippen LogP contribution >= 0.6 is 50.7 Å². The number of nitrogen functional groups attached to an aromatic ring is 1. The van der Waals surface area contributed by atoms with Crippen molar-refractivity contribution >= 4 is 73.3 Å². The maximum Gasteiger partial charge on any atom is 0.337 e. The molecule has 5 nitrogen and oxygen atoms in total. The summed E-state index contributed by atoms with van der Waals surface area (Å²) in [5.41, 5.74) is 6.36. The molecule has 3 rings (SSSR count). The van der Waals surface area contributed by atoms with Crippen molar-refractivity contribution in [2.24, 2.45) is 0 Å². The second-order valence-corrected chi connectivity index (χ2v) is 6.54. The van der Waals surface area contributed by atoms with E-state index in [0.29, 0.717) is 10.0 Å². The Labute approximate surface area is 160 Å². The van der Waals surface area contributed by atoms with E-state index in [2.05, 4.69) is 25.9 Å². The van der Waals surface area contributed by atoms with Crippen molar-refractivity contribution in [3.63, 3.8) is 0 Å². The Bertz CT molecular complexity index is 922. The van der Waals surface area contributed by atoms with E-state index >= 15 is 0 Å². The fourth-order valence-electron chi connectivity index (χ4n) is 1.73. The normalized spacial score (nSPS) is 10.2. The first-order valence-corrected chi connectivity index (χ1v) is 8.26. The first-order chi connectivity index (χ1) is 11.3. The Morgan fingerprint density at radius 3 is 2.50 bits per heavy atom. The molecule has 1 aromatic heterocycles. The Morgan fingerprint density at radius 1 is 1.17 bits per heavy atom. The minimum Gasteiger partial charge on any atom is -0.478 e. The van der Waals surface area contributed by atoms with E-state index in [9.17, 15) is 4.79 Å². The van der Waals surface area contributed by atoms with Crippen LogP contribution in [0.4, 0.5) is 5.69 Å². The topological polar surface area (TPSA) is 89.1 Å². The van der Waals surface area contributed by atoms with E-state index in [0.717, 1.165) is 15.4 Å². The Balaban J connectivity index is 0.000000177. The lowest BCUT2D eigenvalue weighted by atomic mass is 10.2. The predicted octanol–water partition coefficient (Wildman–Crippen LogP) is 5.32. The number of aromatic nitrogens is 2. The number of carbonyl (C=O) groups is 1. The van der Waals surface area contributed by atoms with Gasteiger partial charge in [-0.3, -0.25) is 0 Å². The van der Waals surface area contributed by atoms with Crippen LogP contribution in [0.5, 0.6) is 0 Å². The molecule has 0 spiro atoms. The Kier molecular flexibility index (Phi) is 6.23. The lowest BCUT2D eigenvalue weighted by Gasteiger charge is -1.99. The number of halogens is 4. The summed E-state index contributed by atoms with van der Waals surface area (Å²) in [6, 6.07) is 7.87. The van der Waals surface area contributed by atoms with Gasteiger partial charge in [0.25, 0.3) is 0 Å². The van der Waals surface area contributed by atoms with Crippen molar-refractivity contribution in [2.75, 3.05) is 5.73 Å². The first kappa shape index (κ1) is 18.7. The number of hydrogen-bond donors (Lipinski definition) is 2. The fourth-order valence-corrected chi connectivity index (χ4v) is 2.57. The molecule has 0 aliphatic heterocycles. The first-order valence-electron chi connectivity index (χ1n) is 6.33. The second-order valence-electron chi connectivity index (χ2n) is 4.50. The van der Waals surface area contributed by atoms with Gasteiger partial charge in [0.2, 0.25) is 5.28 Å². The third-order valence-electron chi connectivity index (χ3n) is 2.84. The standard InChI is InChI=1S/C8H3BrCl2N2.C7H6ClNO2/c9-5-1-4-3-12-8(11)13-7(4)2-6(5)10;8-4-1-2-5(7(10)11)6(9)3-4/h1-3H;1-3H,9H2,(H,10,11). The molecular formula is C15H9BrCl3N3O2. The quantitative estimate of drug-likeness (QED) is 0.388. The van der Waals surface area contributed by atoms with Gasteiger partial charge in [-0.1, -0.05) is 23.2 Å². The molecule has 0 aliphatic rings. The van der Waals surface area contributed by atoms with Crippen molar-refractivity contribution in [2.45, 2.75) is 0 Å². The molecule has 0 saturated carbocycles. The van der Waals surface area contributed by atoms with E-state index in [1.54, 1.807) is 12.3 Å². The summed E-state index contributed by atoms with van der Waals surface area (Å²) >= 11 is 20.4. The van der Waals surface area contributed by atoms with Gasteiger partial charge in [0.15, 0.2) is 0 Å². The molecule has 3 N–H and O–H groups in total. The fraction of sp³-hybridized carbons (Fsp3) is 0. The van der Waals surface area contributed by atoms with Crippen molar-refractivity contribution in [1.82, 2.24) is 9.97 Å². The molecule has 1 heterocycles. The minimum absolute atomic E-state index is 0.0781. The van der Waals surface area contributed by atoms with Crippen LogP contribution in [0.3, 0.4) is 0 Å². The number of benzene rings is 2. The SMILES string of the molecule is Clc1ncc2cc(Br)c(Cl)cc2n1.Nc1cc(Cl)ccc1C(=O)O. The van der Waals surface area contributed by atoms with Crippen LogP contribution in [0.2, 0.25) is 15.3 Å². The summed E-state index contributed by atoms with van der Waals surface area (Å²) in [6.07, 6.45) is 1.66. The molecule has 24 heavy (non-hydrogen) atoms. The van der Waals surface area contributed by atoms with Gasteiger partial charge in [-0.25, -0.2) is 14.8 Å². The van der Waals surface area contributed by atoms with Crippen LogP contribution in [-0.4, -0.2) is 21.0 Å². The number of carboxylic acids is 1. The van der Waals surface area contributed by atoms with Gasteiger partial charge < -0.3 is 10.8 Å². The van der Waals surface area contributed by atoms with Gasteiger partial charge in [0, 0.05) is 26.8 Å². The molecular weight excluding hydrogens is 440 g/mol. The third kappa shape index (κ3) is 4.70. The predicted molar refractivity (Wildman–Crippen MR) is 100 cm³/mol. The number of hydrogen-bond acceptors (Lipinski definition) is 4. The summed E-state index contributed by atoms with van der Waals surface area (Å²) in [4.78, 5) is 18.3. The molecule has 0 unspecified atom stereocenters. The van der Waals surface area contributed by atoms with E-state index in [4.69, 9.17) is 45.6 Å². The Hall–Kier alpha value is -1.60. The monoisotopic (exact) mass is 447 g/mol. The molecule has 0 atom stereocenters. The Morgan fingerprint density at radius 2 is 1.88 bits per heavy atom. The average Bonchev–Trinajstić information content (AvgIpc) is 2.49. The van der Waals surface area contributed by atoms with E-state index in [1.807, 2.05) is 6.07 Å². The highest BCUT2D eigenvalue weighted by Crippen LogP contribution is 2.27. The molecule has 3 aromatic rings. The van der Waals surface area contributed by atoms with Crippen molar-refractivity contribution in [3.8, 4) is 0 Å². The zero-order chi connectivity index (χ0) is 17.9. The van der Waals surface area contributed by atoms with Crippen LogP contribution in [0.15, 0.2) is 41.0 Å². The molecule has 0 fully saturated rings. The molecule has 0 amide bonds. The van der Waals surface area contributed by atoms with Crippen LogP contribution < -0.4 is 5.73 Å². The van der Waals surface area contributed by atoms with Gasteiger partial charge in [0.1, 0.15) is 0 Å². The summed E-state index contributed by atoms with van der Waals surface area (Å²) in [7, 11) is 0. The second kappa shape index (κ2) is 7.98. The molecule has 0 aliphatic carbocycles. The maximum atomic E-state index is 10.4. The zero-order valence-corrected chi connectivity index (χ0v) is 15.7. The molecule has 9 heteroatoms. The van der Waals surface area contributed by atoms with Crippen LogP contribution in [0.1, 0.15) is 10.4 Å². The third-order valence-corrected chi connectivity index (χ3v) is 4.45. The summed E-state index contributed by atoms with van der Waals surface area (Å²) in [5.74, 6) is -1.04. The maximum absolute atomic E-state index is 10.4. The van der Waals surface area contributed by atoms with Gasteiger partial charge in [-0.05, 0) is 57.9 Å². The minimum atomic E-state index is -1.04. The highest BCUT2D eigenvalue weighted by Gasteiger charge is 2.06. The number of nitrogens with zero attached hydrogens (tertiary/aromatic N) is 2. The number of fused-ring (bicyclic) bond motifs is 1. The largest absolute Gasteiger partial charge is 0.478 e. The lowest BCUT2D eigenvalue weighted by molar-refractivity contribution is 0.0698. The number of rotatable bonds is 1. The van der Waals surface area contributed by atoms with E-state index in [-0.39, 0.29) is 16.5 Å². The summed E-state index contributed by atoms with van der Waals surface area (Å²) < 4.78 is 0.826. The number of carboxylic acid groups (broad SMARTS) is 1. The summed E-state index contributed by atoms with van der Waals surface area (Å²) in [5, 5.41) is 10.7. The van der Waals surface area contributed by atoms with Gasteiger partial charge in [0.05, 0.1) is 16.1 Å². The van der Waals surface area contributed by atoms with Crippen molar-refractivity contribution in [1.29, 1.82) is 0 Å². The summed E-state index contributed by atoms with van der Waals surface area (Å²) in [6.45, 7) is 0. The van der Waals surface area contributed by atoms with Crippen LogP contribution in [0, 0.1) is 0 Å². The lowest BCUT2D eigenvalue weighted by Crippen LogP contribution is -2.01. The number of nitrogens with two attached hydrogens (primary N) is 1. The number of anilines is 1. The van der Waals surface area contributed by atoms with Crippen molar-refractivity contribution < 1.29 is 9.90 Å². The highest BCUT2D eigenvalue weighted by atomic mass is 79.9. The molecule has 124 valence electrons. The molecule has 0 bridgehead atoms. The molecule has 0 radical (unpaired) electrons. The van der Waals surface area contributed by atoms with Gasteiger partial charge in [-0.15, -0.1) is 0 Å². The van der Waals surface area contributed by atoms with Gasteiger partial charge >= 0.3 is 5.97 Å².